The lowest BCUT2D eigenvalue weighted by Crippen LogP contribution is -2.26. The summed E-state index contributed by atoms with van der Waals surface area (Å²) in [6.45, 7) is 2.02. The van der Waals surface area contributed by atoms with Gasteiger partial charge in [-0.15, -0.1) is 11.8 Å². The standard InChI is InChI=1S/C14H14O2S/c1-9-2-4-10(5-3-9)16-14(15)12-8-11-6-7-13(12)17-11/h2-7,11-13H,8H2,1H3. The minimum atomic E-state index is -0.0850. The molecule has 0 radical (unpaired) electrons. The summed E-state index contributed by atoms with van der Waals surface area (Å²) in [6.07, 6.45) is 5.27. The SMILES string of the molecule is Cc1ccc(OC(=O)C2CC3C=CC2S3)cc1. The Kier molecular flexibility index (Phi) is 2.71. The Morgan fingerprint density at radius 1 is 1.29 bits per heavy atom. The molecule has 1 fully saturated rings. The molecule has 88 valence electrons. The normalized spacial score (nSPS) is 29.6. The highest BCUT2D eigenvalue weighted by Crippen LogP contribution is 2.45. The molecule has 2 heterocycles. The third kappa shape index (κ3) is 2.12. The molecule has 0 saturated carbocycles. The van der Waals surface area contributed by atoms with E-state index in [1.54, 1.807) is 0 Å². The fourth-order valence-electron chi connectivity index (χ4n) is 2.30. The van der Waals surface area contributed by atoms with Crippen LogP contribution >= 0.6 is 11.8 Å². The number of ether oxygens (including phenoxy) is 1. The fraction of sp³-hybridized carbons (Fsp3) is 0.357. The highest BCUT2D eigenvalue weighted by molar-refractivity contribution is 8.01. The molecule has 1 aromatic carbocycles. The lowest BCUT2D eigenvalue weighted by Gasteiger charge is -2.15. The number of hydrogen-bond acceptors (Lipinski definition) is 3. The maximum Gasteiger partial charge on any atom is 0.315 e. The van der Waals surface area contributed by atoms with Crippen molar-refractivity contribution in [3.05, 3.63) is 42.0 Å². The number of fused-ring (bicyclic) bond motifs is 2. The van der Waals surface area contributed by atoms with Gasteiger partial charge in [0.2, 0.25) is 0 Å². The summed E-state index contributed by atoms with van der Waals surface area (Å²) in [6, 6.07) is 7.61. The molecule has 3 atom stereocenters. The number of esters is 1. The van der Waals surface area contributed by atoms with Crippen LogP contribution in [0.1, 0.15) is 12.0 Å². The number of rotatable bonds is 2. The van der Waals surface area contributed by atoms with Crippen LogP contribution in [0.4, 0.5) is 0 Å². The molecule has 1 saturated heterocycles. The Hall–Kier alpha value is -1.22. The molecule has 2 bridgehead atoms. The second-order valence-electron chi connectivity index (χ2n) is 4.60. The number of benzene rings is 1. The van der Waals surface area contributed by atoms with Crippen LogP contribution in [0.2, 0.25) is 0 Å². The van der Waals surface area contributed by atoms with Gasteiger partial charge in [-0.3, -0.25) is 4.79 Å². The summed E-state index contributed by atoms with van der Waals surface area (Å²) in [4.78, 5) is 12.0. The summed E-state index contributed by atoms with van der Waals surface area (Å²) in [5.74, 6) is 0.604. The van der Waals surface area contributed by atoms with Crippen molar-refractivity contribution in [2.75, 3.05) is 0 Å². The average Bonchev–Trinajstić information content (AvgIpc) is 2.94. The van der Waals surface area contributed by atoms with Gasteiger partial charge in [0.1, 0.15) is 5.75 Å². The number of thioether (sulfide) groups is 1. The second-order valence-corrected chi connectivity index (χ2v) is 6.02. The lowest BCUT2D eigenvalue weighted by atomic mass is 9.95. The van der Waals surface area contributed by atoms with E-state index in [4.69, 9.17) is 4.74 Å². The lowest BCUT2D eigenvalue weighted by molar-refractivity contribution is -0.138. The summed E-state index contributed by atoms with van der Waals surface area (Å²) in [5.41, 5.74) is 1.17. The van der Waals surface area contributed by atoms with Gasteiger partial charge < -0.3 is 4.74 Å². The van der Waals surface area contributed by atoms with Crippen LogP contribution in [0, 0.1) is 12.8 Å². The highest BCUT2D eigenvalue weighted by Gasteiger charge is 2.41. The third-order valence-corrected chi connectivity index (χ3v) is 4.77. The van der Waals surface area contributed by atoms with Crippen LogP contribution in [-0.2, 0) is 4.79 Å². The monoisotopic (exact) mass is 246 g/mol. The molecule has 0 N–H and O–H groups in total. The molecular weight excluding hydrogens is 232 g/mol. The molecule has 0 aliphatic carbocycles. The Morgan fingerprint density at radius 3 is 2.65 bits per heavy atom. The van der Waals surface area contributed by atoms with Crippen LogP contribution in [0.15, 0.2) is 36.4 Å². The van der Waals surface area contributed by atoms with Crippen LogP contribution in [0.5, 0.6) is 5.75 Å². The van der Waals surface area contributed by atoms with Crippen molar-refractivity contribution in [3.8, 4) is 5.75 Å². The summed E-state index contributed by atoms with van der Waals surface area (Å²) < 4.78 is 5.42. The van der Waals surface area contributed by atoms with E-state index in [1.165, 1.54) is 5.56 Å². The molecule has 1 aromatic rings. The van der Waals surface area contributed by atoms with E-state index in [0.717, 1.165) is 6.42 Å². The van der Waals surface area contributed by atoms with Crippen molar-refractivity contribution in [2.45, 2.75) is 23.8 Å². The van der Waals surface area contributed by atoms with Gasteiger partial charge in [0.05, 0.1) is 5.92 Å². The van der Waals surface area contributed by atoms with Crippen molar-refractivity contribution in [3.63, 3.8) is 0 Å². The first-order valence-corrected chi connectivity index (χ1v) is 6.79. The first-order chi connectivity index (χ1) is 8.22. The van der Waals surface area contributed by atoms with Gasteiger partial charge >= 0.3 is 5.97 Å². The molecule has 2 aliphatic heterocycles. The quantitative estimate of drug-likeness (QED) is 0.456. The van der Waals surface area contributed by atoms with Gasteiger partial charge in [0.25, 0.3) is 0 Å². The van der Waals surface area contributed by atoms with Gasteiger partial charge in [0, 0.05) is 10.5 Å². The summed E-state index contributed by atoms with van der Waals surface area (Å²) in [5, 5.41) is 0.855. The van der Waals surface area contributed by atoms with Crippen molar-refractivity contribution in [1.29, 1.82) is 0 Å². The Balaban J connectivity index is 1.68. The van der Waals surface area contributed by atoms with E-state index < -0.39 is 0 Å². The zero-order valence-electron chi connectivity index (χ0n) is 9.63. The zero-order chi connectivity index (χ0) is 11.8. The van der Waals surface area contributed by atoms with Crippen LogP contribution in [0.3, 0.4) is 0 Å². The average molecular weight is 246 g/mol. The van der Waals surface area contributed by atoms with Crippen molar-refractivity contribution < 1.29 is 9.53 Å². The predicted octanol–water partition coefficient (Wildman–Crippen LogP) is 2.96. The maximum atomic E-state index is 12.0. The number of carbonyl (C=O) groups excluding carboxylic acids is 1. The van der Waals surface area contributed by atoms with Crippen molar-refractivity contribution in [1.82, 2.24) is 0 Å². The highest BCUT2D eigenvalue weighted by atomic mass is 32.2. The molecular formula is C14H14O2S. The topological polar surface area (TPSA) is 26.3 Å². The largest absolute Gasteiger partial charge is 0.426 e. The van der Waals surface area contributed by atoms with Crippen molar-refractivity contribution >= 4 is 17.7 Å². The van der Waals surface area contributed by atoms with Gasteiger partial charge in [-0.1, -0.05) is 29.8 Å². The molecule has 0 amide bonds. The Morgan fingerprint density at radius 2 is 2.06 bits per heavy atom. The molecule has 2 nitrogen and oxygen atoms in total. The molecule has 3 unspecified atom stereocenters. The zero-order valence-corrected chi connectivity index (χ0v) is 10.4. The van der Waals surface area contributed by atoms with E-state index in [9.17, 15) is 4.79 Å². The molecule has 0 aromatic heterocycles. The number of carbonyl (C=O) groups is 1. The van der Waals surface area contributed by atoms with Gasteiger partial charge in [0.15, 0.2) is 0 Å². The van der Waals surface area contributed by atoms with Crippen LogP contribution in [-0.4, -0.2) is 16.5 Å². The predicted molar refractivity (Wildman–Crippen MR) is 69.2 cm³/mol. The summed E-state index contributed by atoms with van der Waals surface area (Å²) >= 11 is 1.87. The Labute approximate surface area is 105 Å². The maximum absolute atomic E-state index is 12.0. The molecule has 3 rings (SSSR count). The van der Waals surface area contributed by atoms with Crippen molar-refractivity contribution in [2.24, 2.45) is 5.92 Å². The second kappa shape index (κ2) is 4.22. The van der Waals surface area contributed by atoms with Crippen LogP contribution in [0.25, 0.3) is 0 Å². The first kappa shape index (κ1) is 10.9. The minimum absolute atomic E-state index is 0.0382. The van der Waals surface area contributed by atoms with E-state index >= 15 is 0 Å². The third-order valence-electron chi connectivity index (χ3n) is 3.27. The van der Waals surface area contributed by atoms with E-state index in [2.05, 4.69) is 12.2 Å². The van der Waals surface area contributed by atoms with Gasteiger partial charge in [-0.25, -0.2) is 0 Å². The van der Waals surface area contributed by atoms with E-state index in [0.29, 0.717) is 16.2 Å². The summed E-state index contributed by atoms with van der Waals surface area (Å²) in [7, 11) is 0. The fourth-order valence-corrected chi connectivity index (χ4v) is 3.80. The number of aryl methyl sites for hydroxylation is 1. The van der Waals surface area contributed by atoms with Gasteiger partial charge in [-0.05, 0) is 25.5 Å². The smallest absolute Gasteiger partial charge is 0.315 e. The first-order valence-electron chi connectivity index (χ1n) is 5.84. The molecule has 2 aliphatic rings. The number of hydrogen-bond donors (Lipinski definition) is 0. The minimum Gasteiger partial charge on any atom is -0.426 e. The van der Waals surface area contributed by atoms with E-state index in [1.807, 2.05) is 43.0 Å². The molecule has 0 spiro atoms. The van der Waals surface area contributed by atoms with Gasteiger partial charge in [-0.2, -0.15) is 0 Å². The Bertz CT molecular complexity index is 464. The van der Waals surface area contributed by atoms with E-state index in [-0.39, 0.29) is 11.9 Å². The molecule has 17 heavy (non-hydrogen) atoms. The van der Waals surface area contributed by atoms with Crippen LogP contribution < -0.4 is 4.74 Å². The molecule has 3 heteroatoms.